The Balaban J connectivity index is 1.47. The van der Waals surface area contributed by atoms with Crippen LogP contribution in [0.4, 0.5) is 0 Å². The predicted octanol–water partition coefficient (Wildman–Crippen LogP) is 3.12. The summed E-state index contributed by atoms with van der Waals surface area (Å²) in [5, 5.41) is 0. The zero-order valence-electron chi connectivity index (χ0n) is 15.1. The van der Waals surface area contributed by atoms with Crippen LogP contribution in [0.15, 0.2) is 42.5 Å². The summed E-state index contributed by atoms with van der Waals surface area (Å²) in [6, 6.07) is 15.4. The Hall–Kier alpha value is -2.04. The molecule has 0 fully saturated rings. The van der Waals surface area contributed by atoms with E-state index in [1.807, 2.05) is 0 Å². The molecule has 4 nitrogen and oxygen atoms in total. The average molecular weight is 338 g/mol. The van der Waals surface area contributed by atoms with Crippen molar-refractivity contribution in [1.82, 2.24) is 9.80 Å². The van der Waals surface area contributed by atoms with Crippen LogP contribution >= 0.6 is 0 Å². The normalized spacial score (nSPS) is 19.2. The lowest BCUT2D eigenvalue weighted by atomic mass is 9.91. The molecule has 25 heavy (non-hydrogen) atoms. The Bertz CT molecular complexity index is 732. The molecule has 132 valence electrons. The molecule has 0 bridgehead atoms. The van der Waals surface area contributed by atoms with Crippen LogP contribution in [0.25, 0.3) is 0 Å². The van der Waals surface area contributed by atoms with E-state index in [4.69, 9.17) is 9.47 Å². The summed E-state index contributed by atoms with van der Waals surface area (Å²) in [6.07, 6.45) is 2.12. The zero-order chi connectivity index (χ0) is 17.2. The van der Waals surface area contributed by atoms with Gasteiger partial charge in [0, 0.05) is 31.2 Å². The van der Waals surface area contributed by atoms with Crippen LogP contribution in [0.1, 0.15) is 22.7 Å². The number of likely N-dealkylation sites (N-methyl/N-ethyl adjacent to an activating group) is 2. The maximum Gasteiger partial charge on any atom is 0.231 e. The molecule has 0 N–H and O–H groups in total. The second-order valence-electron chi connectivity index (χ2n) is 7.11. The van der Waals surface area contributed by atoms with Crippen molar-refractivity contribution >= 4 is 0 Å². The summed E-state index contributed by atoms with van der Waals surface area (Å²) >= 11 is 0. The highest BCUT2D eigenvalue weighted by Gasteiger charge is 2.31. The maximum absolute atomic E-state index is 5.74. The Labute approximate surface area is 150 Å². The molecule has 2 aliphatic heterocycles. The number of ether oxygens (including phenoxy) is 2. The first-order valence-corrected chi connectivity index (χ1v) is 9.06. The summed E-state index contributed by atoms with van der Waals surface area (Å²) in [4.78, 5) is 4.90. The standard InChI is InChI=1S/C21H26N2O2/c1-22(12-10-16-6-4-3-5-7-16)14-19-17-8-9-20-21(25-15-24-20)18(17)11-13-23(19)2/h3-9,19H,10-15H2,1-2H3. The van der Waals surface area contributed by atoms with Gasteiger partial charge in [-0.3, -0.25) is 4.90 Å². The highest BCUT2D eigenvalue weighted by atomic mass is 16.7. The molecule has 2 heterocycles. The van der Waals surface area contributed by atoms with Crippen molar-refractivity contribution in [3.05, 3.63) is 59.2 Å². The van der Waals surface area contributed by atoms with Gasteiger partial charge < -0.3 is 14.4 Å². The second-order valence-corrected chi connectivity index (χ2v) is 7.11. The van der Waals surface area contributed by atoms with Gasteiger partial charge in [-0.2, -0.15) is 0 Å². The molecule has 1 atom stereocenters. The van der Waals surface area contributed by atoms with E-state index in [2.05, 4.69) is 66.4 Å². The predicted molar refractivity (Wildman–Crippen MR) is 99.3 cm³/mol. The number of rotatable bonds is 5. The fourth-order valence-corrected chi connectivity index (χ4v) is 3.89. The largest absolute Gasteiger partial charge is 0.454 e. The molecular formula is C21H26N2O2. The SMILES string of the molecule is CN(CCc1ccccc1)CC1c2ccc3c(c2CCN1C)OCO3. The van der Waals surface area contributed by atoms with E-state index in [1.165, 1.54) is 16.7 Å². The lowest BCUT2D eigenvalue weighted by molar-refractivity contribution is 0.164. The molecule has 4 rings (SSSR count). The minimum absolute atomic E-state index is 0.350. The summed E-state index contributed by atoms with van der Waals surface area (Å²) < 4.78 is 11.3. The fraction of sp³-hybridized carbons (Fsp3) is 0.429. The molecular weight excluding hydrogens is 312 g/mol. The van der Waals surface area contributed by atoms with Gasteiger partial charge in [0.05, 0.1) is 0 Å². The van der Waals surface area contributed by atoms with Crippen LogP contribution in [-0.2, 0) is 12.8 Å². The minimum Gasteiger partial charge on any atom is -0.454 e. The lowest BCUT2D eigenvalue weighted by Crippen LogP contribution is -2.39. The number of benzene rings is 2. The van der Waals surface area contributed by atoms with Crippen LogP contribution in [0.3, 0.4) is 0 Å². The molecule has 0 aliphatic carbocycles. The molecule has 1 unspecified atom stereocenters. The third-order valence-electron chi connectivity index (χ3n) is 5.39. The number of hydrogen-bond acceptors (Lipinski definition) is 4. The van der Waals surface area contributed by atoms with Gasteiger partial charge in [-0.25, -0.2) is 0 Å². The molecule has 0 saturated heterocycles. The van der Waals surface area contributed by atoms with Crippen LogP contribution in [0, 0.1) is 0 Å². The average Bonchev–Trinajstić information content (AvgIpc) is 3.12. The van der Waals surface area contributed by atoms with Gasteiger partial charge in [-0.05, 0) is 44.1 Å². The van der Waals surface area contributed by atoms with Crippen molar-refractivity contribution in [3.63, 3.8) is 0 Å². The van der Waals surface area contributed by atoms with E-state index in [1.54, 1.807) is 0 Å². The van der Waals surface area contributed by atoms with Gasteiger partial charge in [0.25, 0.3) is 0 Å². The summed E-state index contributed by atoms with van der Waals surface area (Å²) in [7, 11) is 4.45. The summed E-state index contributed by atoms with van der Waals surface area (Å²) in [6.45, 7) is 3.50. The van der Waals surface area contributed by atoms with Gasteiger partial charge in [-0.15, -0.1) is 0 Å². The third kappa shape index (κ3) is 3.37. The van der Waals surface area contributed by atoms with E-state index in [0.29, 0.717) is 12.8 Å². The molecule has 2 aromatic carbocycles. The summed E-state index contributed by atoms with van der Waals surface area (Å²) in [5.74, 6) is 1.88. The van der Waals surface area contributed by atoms with Crippen molar-refractivity contribution < 1.29 is 9.47 Å². The molecule has 0 aromatic heterocycles. The molecule has 0 saturated carbocycles. The van der Waals surface area contributed by atoms with Crippen molar-refractivity contribution in [2.45, 2.75) is 18.9 Å². The number of hydrogen-bond donors (Lipinski definition) is 0. The van der Waals surface area contributed by atoms with Gasteiger partial charge in [0.2, 0.25) is 6.79 Å². The maximum atomic E-state index is 5.74. The van der Waals surface area contributed by atoms with E-state index in [9.17, 15) is 0 Å². The van der Waals surface area contributed by atoms with Crippen LogP contribution < -0.4 is 9.47 Å². The Kier molecular flexibility index (Phi) is 4.64. The Morgan fingerprint density at radius 3 is 2.80 bits per heavy atom. The van der Waals surface area contributed by atoms with Gasteiger partial charge in [0.15, 0.2) is 11.5 Å². The molecule has 0 radical (unpaired) electrons. The van der Waals surface area contributed by atoms with E-state index in [-0.39, 0.29) is 0 Å². The first-order chi connectivity index (χ1) is 12.2. The van der Waals surface area contributed by atoms with E-state index in [0.717, 1.165) is 44.0 Å². The Morgan fingerprint density at radius 2 is 1.96 bits per heavy atom. The highest BCUT2D eigenvalue weighted by molar-refractivity contribution is 5.54. The van der Waals surface area contributed by atoms with Gasteiger partial charge in [0.1, 0.15) is 0 Å². The topological polar surface area (TPSA) is 24.9 Å². The van der Waals surface area contributed by atoms with Crippen molar-refractivity contribution in [2.24, 2.45) is 0 Å². The molecule has 0 spiro atoms. The molecule has 2 aromatic rings. The minimum atomic E-state index is 0.350. The van der Waals surface area contributed by atoms with E-state index < -0.39 is 0 Å². The second kappa shape index (κ2) is 7.06. The van der Waals surface area contributed by atoms with Crippen molar-refractivity contribution in [3.8, 4) is 11.5 Å². The van der Waals surface area contributed by atoms with Crippen LogP contribution in [0.5, 0.6) is 11.5 Å². The fourth-order valence-electron chi connectivity index (χ4n) is 3.89. The van der Waals surface area contributed by atoms with Gasteiger partial charge in [-0.1, -0.05) is 36.4 Å². The highest BCUT2D eigenvalue weighted by Crippen LogP contribution is 2.42. The zero-order valence-corrected chi connectivity index (χ0v) is 15.1. The smallest absolute Gasteiger partial charge is 0.231 e. The van der Waals surface area contributed by atoms with Crippen LogP contribution in [0.2, 0.25) is 0 Å². The lowest BCUT2D eigenvalue weighted by Gasteiger charge is -2.37. The van der Waals surface area contributed by atoms with Gasteiger partial charge >= 0.3 is 0 Å². The third-order valence-corrected chi connectivity index (χ3v) is 5.39. The molecule has 2 aliphatic rings. The molecule has 4 heteroatoms. The first kappa shape index (κ1) is 16.4. The van der Waals surface area contributed by atoms with Crippen LogP contribution in [-0.4, -0.2) is 50.3 Å². The Morgan fingerprint density at radius 1 is 1.12 bits per heavy atom. The first-order valence-electron chi connectivity index (χ1n) is 9.06. The number of fused-ring (bicyclic) bond motifs is 3. The van der Waals surface area contributed by atoms with Crippen molar-refractivity contribution in [2.75, 3.05) is 40.5 Å². The van der Waals surface area contributed by atoms with Crippen molar-refractivity contribution in [1.29, 1.82) is 0 Å². The van der Waals surface area contributed by atoms with E-state index >= 15 is 0 Å². The monoisotopic (exact) mass is 338 g/mol. The number of nitrogens with zero attached hydrogens (tertiary/aromatic N) is 2. The summed E-state index contributed by atoms with van der Waals surface area (Å²) in [5.41, 5.74) is 4.13. The quantitative estimate of drug-likeness (QED) is 0.836. The molecule has 0 amide bonds.